The maximum absolute atomic E-state index is 12.9. The molecule has 0 aliphatic rings. The highest BCUT2D eigenvalue weighted by atomic mass is 16.1. The van der Waals surface area contributed by atoms with Crippen molar-refractivity contribution in [1.82, 2.24) is 9.97 Å². The van der Waals surface area contributed by atoms with Crippen LogP contribution in [-0.4, -0.2) is 21.5 Å². The predicted molar refractivity (Wildman–Crippen MR) is 103 cm³/mol. The zero-order valence-electron chi connectivity index (χ0n) is 13.9. The van der Waals surface area contributed by atoms with Gasteiger partial charge in [0, 0.05) is 11.1 Å². The molecular formula is C21H16N4O. The smallest absolute Gasteiger partial charge is 0.222 e. The lowest BCUT2D eigenvalue weighted by Crippen LogP contribution is -2.17. The van der Waals surface area contributed by atoms with Crippen LogP contribution in [0.25, 0.3) is 11.0 Å². The van der Waals surface area contributed by atoms with Crippen molar-refractivity contribution in [2.45, 2.75) is 0 Å². The van der Waals surface area contributed by atoms with Gasteiger partial charge in [0.2, 0.25) is 11.7 Å². The van der Waals surface area contributed by atoms with Crippen molar-refractivity contribution in [1.29, 1.82) is 0 Å². The first-order valence-electron chi connectivity index (χ1n) is 8.25. The standard InChI is InChI=1S/C21H16N4O/c26-20(16-11-5-2-6-12-16)19(15-9-3-1-4-10-15)24-25-21-22-17-13-7-8-14-18(17)23-21/h1-14H,(H2,22,23,25). The minimum atomic E-state index is -0.152. The van der Waals surface area contributed by atoms with E-state index in [1.807, 2.05) is 72.8 Å². The Hall–Kier alpha value is -3.73. The number of nitrogens with one attached hydrogen (secondary N) is 2. The van der Waals surface area contributed by atoms with Crippen LogP contribution in [0, 0.1) is 0 Å². The van der Waals surface area contributed by atoms with E-state index < -0.39 is 0 Å². The Balaban J connectivity index is 1.70. The fourth-order valence-corrected chi connectivity index (χ4v) is 2.68. The highest BCUT2D eigenvalue weighted by molar-refractivity contribution is 6.51. The third-order valence-electron chi connectivity index (χ3n) is 3.96. The number of aromatic nitrogens is 2. The third-order valence-corrected chi connectivity index (χ3v) is 3.96. The lowest BCUT2D eigenvalue weighted by Gasteiger charge is -2.06. The zero-order valence-corrected chi connectivity index (χ0v) is 13.9. The average Bonchev–Trinajstić information content (AvgIpc) is 3.12. The summed E-state index contributed by atoms with van der Waals surface area (Å²) in [5, 5.41) is 4.36. The number of anilines is 1. The van der Waals surface area contributed by atoms with Gasteiger partial charge in [-0.05, 0) is 12.1 Å². The summed E-state index contributed by atoms with van der Waals surface area (Å²) in [5.74, 6) is 0.334. The molecule has 0 saturated carbocycles. The number of hydrogen-bond donors (Lipinski definition) is 2. The SMILES string of the molecule is O=C(C(=NNc1nc2ccccc2[nH]1)c1ccccc1)c1ccccc1. The molecule has 0 bridgehead atoms. The maximum Gasteiger partial charge on any atom is 0.222 e. The molecule has 0 atom stereocenters. The van der Waals surface area contributed by atoms with Crippen LogP contribution in [0.1, 0.15) is 15.9 Å². The van der Waals surface area contributed by atoms with Gasteiger partial charge in [0.15, 0.2) is 0 Å². The van der Waals surface area contributed by atoms with E-state index in [0.29, 0.717) is 17.2 Å². The summed E-state index contributed by atoms with van der Waals surface area (Å²) in [6.45, 7) is 0. The maximum atomic E-state index is 12.9. The summed E-state index contributed by atoms with van der Waals surface area (Å²) in [7, 11) is 0. The molecule has 1 aromatic heterocycles. The molecular weight excluding hydrogens is 324 g/mol. The van der Waals surface area contributed by atoms with E-state index in [4.69, 9.17) is 0 Å². The molecule has 0 aliphatic heterocycles. The minimum Gasteiger partial charge on any atom is -0.323 e. The number of fused-ring (bicyclic) bond motifs is 1. The monoisotopic (exact) mass is 340 g/mol. The molecule has 2 N–H and O–H groups in total. The lowest BCUT2D eigenvalue weighted by molar-refractivity contribution is 0.106. The number of hydrazone groups is 1. The number of rotatable bonds is 5. The first kappa shape index (κ1) is 15.8. The topological polar surface area (TPSA) is 70.1 Å². The normalized spacial score (nSPS) is 11.5. The second-order valence-electron chi connectivity index (χ2n) is 5.74. The number of ketones is 1. The second kappa shape index (κ2) is 7.03. The molecule has 5 nitrogen and oxygen atoms in total. The van der Waals surface area contributed by atoms with Gasteiger partial charge in [0.05, 0.1) is 11.0 Å². The molecule has 0 fully saturated rings. The summed E-state index contributed by atoms with van der Waals surface area (Å²) in [6.07, 6.45) is 0. The summed E-state index contributed by atoms with van der Waals surface area (Å²) in [5.41, 5.74) is 6.28. The number of benzene rings is 3. The van der Waals surface area contributed by atoms with E-state index in [-0.39, 0.29) is 5.78 Å². The van der Waals surface area contributed by atoms with Gasteiger partial charge in [-0.25, -0.2) is 10.4 Å². The first-order chi connectivity index (χ1) is 12.8. The average molecular weight is 340 g/mol. The van der Waals surface area contributed by atoms with E-state index >= 15 is 0 Å². The van der Waals surface area contributed by atoms with Crippen LogP contribution in [0.5, 0.6) is 0 Å². The summed E-state index contributed by atoms with van der Waals surface area (Å²) >= 11 is 0. The molecule has 0 saturated heterocycles. The number of para-hydroxylation sites is 2. The quantitative estimate of drug-likeness (QED) is 0.324. The van der Waals surface area contributed by atoms with E-state index in [0.717, 1.165) is 16.6 Å². The van der Waals surface area contributed by atoms with Crippen molar-refractivity contribution in [3.63, 3.8) is 0 Å². The number of aromatic amines is 1. The molecule has 0 aliphatic carbocycles. The number of nitrogens with zero attached hydrogens (tertiary/aromatic N) is 2. The Kier molecular flexibility index (Phi) is 4.26. The van der Waals surface area contributed by atoms with Gasteiger partial charge in [0.1, 0.15) is 5.71 Å². The van der Waals surface area contributed by atoms with Gasteiger partial charge in [-0.3, -0.25) is 4.79 Å². The van der Waals surface area contributed by atoms with Crippen molar-refractivity contribution in [2.24, 2.45) is 5.10 Å². The van der Waals surface area contributed by atoms with Crippen molar-refractivity contribution in [3.05, 3.63) is 96.1 Å². The van der Waals surface area contributed by atoms with Gasteiger partial charge in [-0.15, -0.1) is 0 Å². The Bertz CT molecular complexity index is 1040. The summed E-state index contributed by atoms with van der Waals surface area (Å²) in [4.78, 5) is 20.5. The Morgan fingerprint density at radius 1 is 0.808 bits per heavy atom. The molecule has 26 heavy (non-hydrogen) atoms. The van der Waals surface area contributed by atoms with Gasteiger partial charge >= 0.3 is 0 Å². The van der Waals surface area contributed by atoms with Crippen LogP contribution < -0.4 is 5.43 Å². The lowest BCUT2D eigenvalue weighted by atomic mass is 10.0. The van der Waals surface area contributed by atoms with Crippen LogP contribution in [0.3, 0.4) is 0 Å². The number of carbonyl (C=O) groups is 1. The highest BCUT2D eigenvalue weighted by Gasteiger charge is 2.16. The third kappa shape index (κ3) is 3.23. The molecule has 0 unspecified atom stereocenters. The molecule has 0 spiro atoms. The Morgan fingerprint density at radius 2 is 1.42 bits per heavy atom. The molecule has 0 radical (unpaired) electrons. The van der Waals surface area contributed by atoms with Crippen LogP contribution in [-0.2, 0) is 0 Å². The number of imidazole rings is 1. The number of hydrogen-bond acceptors (Lipinski definition) is 4. The largest absolute Gasteiger partial charge is 0.323 e. The fraction of sp³-hybridized carbons (Fsp3) is 0. The second-order valence-corrected chi connectivity index (χ2v) is 5.74. The van der Waals surface area contributed by atoms with Gasteiger partial charge < -0.3 is 4.98 Å². The van der Waals surface area contributed by atoms with Crippen LogP contribution >= 0.6 is 0 Å². The zero-order chi connectivity index (χ0) is 17.8. The van der Waals surface area contributed by atoms with Crippen molar-refractivity contribution >= 4 is 28.5 Å². The summed E-state index contributed by atoms with van der Waals surface area (Å²) in [6, 6.07) is 26.2. The number of Topliss-reactive ketones (excluding diaryl/α,β-unsaturated/α-hetero) is 1. The molecule has 3 aromatic carbocycles. The number of H-pyrrole nitrogens is 1. The van der Waals surface area contributed by atoms with Crippen LogP contribution in [0.2, 0.25) is 0 Å². The van der Waals surface area contributed by atoms with E-state index in [1.165, 1.54) is 0 Å². The van der Waals surface area contributed by atoms with Gasteiger partial charge in [-0.1, -0.05) is 72.8 Å². The Morgan fingerprint density at radius 3 is 2.12 bits per heavy atom. The molecule has 4 aromatic rings. The van der Waals surface area contributed by atoms with Gasteiger partial charge in [-0.2, -0.15) is 5.10 Å². The van der Waals surface area contributed by atoms with Gasteiger partial charge in [0.25, 0.3) is 0 Å². The Labute approximate surface area is 150 Å². The van der Waals surface area contributed by atoms with Crippen molar-refractivity contribution in [3.8, 4) is 0 Å². The molecule has 0 amide bonds. The minimum absolute atomic E-state index is 0.152. The fourth-order valence-electron chi connectivity index (χ4n) is 2.68. The van der Waals surface area contributed by atoms with E-state index in [2.05, 4.69) is 20.5 Å². The van der Waals surface area contributed by atoms with Crippen molar-refractivity contribution in [2.75, 3.05) is 5.43 Å². The van der Waals surface area contributed by atoms with Crippen LogP contribution in [0.4, 0.5) is 5.95 Å². The highest BCUT2D eigenvalue weighted by Crippen LogP contribution is 2.14. The molecule has 126 valence electrons. The predicted octanol–water partition coefficient (Wildman–Crippen LogP) is 4.26. The number of carbonyl (C=O) groups excluding carboxylic acids is 1. The molecule has 4 rings (SSSR count). The first-order valence-corrected chi connectivity index (χ1v) is 8.25. The van der Waals surface area contributed by atoms with Crippen molar-refractivity contribution < 1.29 is 4.79 Å². The van der Waals surface area contributed by atoms with E-state index in [9.17, 15) is 4.79 Å². The molecule has 5 heteroatoms. The summed E-state index contributed by atoms with van der Waals surface area (Å²) < 4.78 is 0. The van der Waals surface area contributed by atoms with E-state index in [1.54, 1.807) is 12.1 Å². The molecule has 1 heterocycles. The van der Waals surface area contributed by atoms with Crippen LogP contribution in [0.15, 0.2) is 90.0 Å².